The molecule has 0 N–H and O–H groups in total. The van der Waals surface area contributed by atoms with Crippen molar-refractivity contribution in [2.24, 2.45) is 0 Å². The summed E-state index contributed by atoms with van der Waals surface area (Å²) in [5, 5.41) is 10.4. The topological polar surface area (TPSA) is 77.1 Å². The minimum atomic E-state index is 0.0142. The van der Waals surface area contributed by atoms with E-state index in [9.17, 15) is 4.79 Å². The van der Waals surface area contributed by atoms with Gasteiger partial charge in [-0.3, -0.25) is 9.36 Å². The molecule has 0 bridgehead atoms. The predicted molar refractivity (Wildman–Crippen MR) is 120 cm³/mol. The average Bonchev–Trinajstić information content (AvgIpc) is 3.15. The number of nitriles is 1. The van der Waals surface area contributed by atoms with E-state index < -0.39 is 0 Å². The molecule has 1 aliphatic rings. The summed E-state index contributed by atoms with van der Waals surface area (Å²) in [5.74, 6) is 1.61. The second-order valence-electron chi connectivity index (χ2n) is 7.13. The molecule has 3 aromatic rings. The molecule has 156 valence electrons. The molecule has 0 saturated heterocycles. The largest absolute Gasteiger partial charge is 0.493 e. The Hall–Kier alpha value is -2.50. The van der Waals surface area contributed by atoms with Crippen molar-refractivity contribution in [3.63, 3.8) is 0 Å². The first kappa shape index (κ1) is 20.8. The third kappa shape index (κ3) is 3.92. The van der Waals surface area contributed by atoms with E-state index in [2.05, 4.69) is 6.07 Å². The number of aryl methyl sites for hydroxylation is 3. The molecule has 8 heteroatoms. The molecule has 0 radical (unpaired) electrons. The van der Waals surface area contributed by atoms with Gasteiger partial charge in [0.1, 0.15) is 4.83 Å². The second kappa shape index (κ2) is 9.11. The maximum Gasteiger partial charge on any atom is 0.263 e. The summed E-state index contributed by atoms with van der Waals surface area (Å²) in [5.41, 5.74) is 2.25. The minimum Gasteiger partial charge on any atom is -0.493 e. The van der Waals surface area contributed by atoms with Crippen LogP contribution in [0.2, 0.25) is 0 Å². The molecule has 6 nitrogen and oxygen atoms in total. The van der Waals surface area contributed by atoms with Gasteiger partial charge in [0, 0.05) is 11.4 Å². The fraction of sp³-hybridized carbons (Fsp3) is 0.409. The third-order valence-electron chi connectivity index (χ3n) is 5.38. The zero-order valence-corrected chi connectivity index (χ0v) is 18.7. The summed E-state index contributed by atoms with van der Waals surface area (Å²) in [4.78, 5) is 20.4. The third-order valence-corrected chi connectivity index (χ3v) is 7.41. The standard InChI is InChI=1S/C22H23N3O3S2/c1-27-16-8-7-14(13-17(16)28-2)9-11-25-21(26)19-15-5-3-4-6-18(15)30-20(19)24-22(25)29-12-10-23/h7-8,13H,3-6,9,11-12H2,1-2H3. The number of rotatable bonds is 7. The van der Waals surface area contributed by atoms with Crippen molar-refractivity contribution in [2.75, 3.05) is 20.0 Å². The predicted octanol–water partition coefficient (Wildman–Crippen LogP) is 4.21. The second-order valence-corrected chi connectivity index (χ2v) is 9.15. The first-order valence-electron chi connectivity index (χ1n) is 9.92. The number of fused-ring (bicyclic) bond motifs is 3. The van der Waals surface area contributed by atoms with Crippen LogP contribution in [0.3, 0.4) is 0 Å². The molecule has 0 fully saturated rings. The van der Waals surface area contributed by atoms with Crippen LogP contribution in [0.1, 0.15) is 28.8 Å². The van der Waals surface area contributed by atoms with Crippen molar-refractivity contribution >= 4 is 33.3 Å². The van der Waals surface area contributed by atoms with E-state index >= 15 is 0 Å². The zero-order chi connectivity index (χ0) is 21.1. The summed E-state index contributed by atoms with van der Waals surface area (Å²) in [6.07, 6.45) is 4.92. The van der Waals surface area contributed by atoms with Crippen LogP contribution in [0.5, 0.6) is 11.5 Å². The lowest BCUT2D eigenvalue weighted by atomic mass is 9.97. The summed E-state index contributed by atoms with van der Waals surface area (Å²) in [6.45, 7) is 0.496. The first-order chi connectivity index (χ1) is 14.7. The molecule has 2 heterocycles. The highest BCUT2D eigenvalue weighted by molar-refractivity contribution is 7.99. The molecule has 0 amide bonds. The molecule has 1 aromatic carbocycles. The number of aromatic nitrogens is 2. The number of ether oxygens (including phenoxy) is 2. The van der Waals surface area contributed by atoms with Crippen LogP contribution < -0.4 is 15.0 Å². The molecule has 0 aliphatic heterocycles. The Labute approximate surface area is 183 Å². The van der Waals surface area contributed by atoms with Gasteiger partial charge in [-0.15, -0.1) is 11.3 Å². The van der Waals surface area contributed by atoms with Crippen LogP contribution in [0.4, 0.5) is 0 Å². The van der Waals surface area contributed by atoms with Crippen molar-refractivity contribution in [2.45, 2.75) is 43.8 Å². The molecule has 1 aliphatic carbocycles. The van der Waals surface area contributed by atoms with Crippen LogP contribution in [-0.4, -0.2) is 29.5 Å². The van der Waals surface area contributed by atoms with Crippen molar-refractivity contribution in [1.82, 2.24) is 9.55 Å². The van der Waals surface area contributed by atoms with Gasteiger partial charge in [-0.2, -0.15) is 5.26 Å². The first-order valence-corrected chi connectivity index (χ1v) is 11.7. The normalized spacial score (nSPS) is 13.1. The highest BCUT2D eigenvalue weighted by Gasteiger charge is 2.22. The zero-order valence-electron chi connectivity index (χ0n) is 17.1. The molecule has 2 aromatic heterocycles. The van der Waals surface area contributed by atoms with Gasteiger partial charge in [-0.25, -0.2) is 4.98 Å². The molecule has 0 spiro atoms. The van der Waals surface area contributed by atoms with E-state index in [1.807, 2.05) is 18.2 Å². The Kier molecular flexibility index (Phi) is 6.30. The Morgan fingerprint density at radius 2 is 2.03 bits per heavy atom. The van der Waals surface area contributed by atoms with Crippen LogP contribution in [0.25, 0.3) is 10.2 Å². The molecular formula is C22H23N3O3S2. The van der Waals surface area contributed by atoms with Gasteiger partial charge >= 0.3 is 0 Å². The van der Waals surface area contributed by atoms with Crippen LogP contribution in [-0.2, 0) is 25.8 Å². The molecular weight excluding hydrogens is 418 g/mol. The van der Waals surface area contributed by atoms with Crippen LogP contribution >= 0.6 is 23.1 Å². The Morgan fingerprint density at radius 1 is 1.23 bits per heavy atom. The highest BCUT2D eigenvalue weighted by atomic mass is 32.2. The van der Waals surface area contributed by atoms with E-state index in [0.717, 1.165) is 35.0 Å². The fourth-order valence-electron chi connectivity index (χ4n) is 3.90. The van der Waals surface area contributed by atoms with E-state index in [1.54, 1.807) is 30.1 Å². The van der Waals surface area contributed by atoms with Gasteiger partial charge in [0.15, 0.2) is 16.7 Å². The quantitative estimate of drug-likeness (QED) is 0.404. The molecule has 0 saturated carbocycles. The fourth-order valence-corrected chi connectivity index (χ4v) is 5.89. The van der Waals surface area contributed by atoms with Crippen LogP contribution in [0, 0.1) is 11.3 Å². The van der Waals surface area contributed by atoms with E-state index in [0.29, 0.717) is 29.6 Å². The van der Waals surface area contributed by atoms with Gasteiger partial charge in [0.05, 0.1) is 31.4 Å². The summed E-state index contributed by atoms with van der Waals surface area (Å²) in [7, 11) is 3.22. The lowest BCUT2D eigenvalue weighted by Crippen LogP contribution is -2.24. The van der Waals surface area contributed by atoms with Crippen LogP contribution in [0.15, 0.2) is 28.2 Å². The van der Waals surface area contributed by atoms with Gasteiger partial charge in [-0.1, -0.05) is 17.8 Å². The number of benzene rings is 1. The molecule has 0 atom stereocenters. The molecule has 30 heavy (non-hydrogen) atoms. The van der Waals surface area contributed by atoms with Crippen molar-refractivity contribution < 1.29 is 9.47 Å². The van der Waals surface area contributed by atoms with E-state index in [4.69, 9.17) is 19.7 Å². The Balaban J connectivity index is 1.72. The number of thioether (sulfide) groups is 1. The molecule has 4 rings (SSSR count). The monoisotopic (exact) mass is 441 g/mol. The summed E-state index contributed by atoms with van der Waals surface area (Å²) in [6, 6.07) is 7.93. The SMILES string of the molecule is COc1ccc(CCn2c(SCC#N)nc3sc4c(c3c2=O)CCCC4)cc1OC. The van der Waals surface area contributed by atoms with E-state index in [-0.39, 0.29) is 11.3 Å². The number of hydrogen-bond donors (Lipinski definition) is 0. The van der Waals surface area contributed by atoms with Gasteiger partial charge in [-0.05, 0) is 55.4 Å². The lowest BCUT2D eigenvalue weighted by Gasteiger charge is -2.14. The highest BCUT2D eigenvalue weighted by Crippen LogP contribution is 2.35. The summed E-state index contributed by atoms with van der Waals surface area (Å²) >= 11 is 2.97. The number of nitrogens with zero attached hydrogens (tertiary/aromatic N) is 3. The minimum absolute atomic E-state index is 0.0142. The Morgan fingerprint density at radius 3 is 2.80 bits per heavy atom. The smallest absolute Gasteiger partial charge is 0.263 e. The van der Waals surface area contributed by atoms with Crippen molar-refractivity contribution in [3.05, 3.63) is 44.6 Å². The number of hydrogen-bond acceptors (Lipinski definition) is 7. The van der Waals surface area contributed by atoms with Crippen molar-refractivity contribution in [3.8, 4) is 17.6 Å². The van der Waals surface area contributed by atoms with Crippen molar-refractivity contribution in [1.29, 1.82) is 5.26 Å². The lowest BCUT2D eigenvalue weighted by molar-refractivity contribution is 0.354. The number of thiophene rings is 1. The number of methoxy groups -OCH3 is 2. The Bertz CT molecular complexity index is 1180. The van der Waals surface area contributed by atoms with Gasteiger partial charge in [0.25, 0.3) is 5.56 Å². The average molecular weight is 442 g/mol. The van der Waals surface area contributed by atoms with Gasteiger partial charge < -0.3 is 9.47 Å². The summed E-state index contributed by atoms with van der Waals surface area (Å²) < 4.78 is 12.4. The van der Waals surface area contributed by atoms with E-state index in [1.165, 1.54) is 28.6 Å². The maximum atomic E-state index is 13.5. The van der Waals surface area contributed by atoms with Gasteiger partial charge in [0.2, 0.25) is 0 Å². The molecule has 0 unspecified atom stereocenters. The maximum absolute atomic E-state index is 13.5.